The maximum absolute atomic E-state index is 13.3. The molecular formula is C37H30O4S. The van der Waals surface area contributed by atoms with Crippen molar-refractivity contribution in [3.05, 3.63) is 143 Å². The molecule has 0 atom stereocenters. The summed E-state index contributed by atoms with van der Waals surface area (Å²) < 4.78 is 5.66. The Morgan fingerprint density at radius 2 is 1.24 bits per heavy atom. The molecule has 42 heavy (non-hydrogen) atoms. The quantitative estimate of drug-likeness (QED) is 0.155. The molecule has 0 aromatic heterocycles. The normalized spacial score (nSPS) is 10.7. The topological polar surface area (TPSA) is 66.8 Å². The van der Waals surface area contributed by atoms with Crippen LogP contribution in [0.25, 0.3) is 32.7 Å². The Balaban J connectivity index is 0.00000173. The van der Waals surface area contributed by atoms with Crippen molar-refractivity contribution in [3.63, 3.8) is 0 Å². The number of ether oxygens (including phenoxy) is 1. The Kier molecular flexibility index (Phi) is 8.60. The molecular weight excluding hydrogens is 540 g/mol. The third kappa shape index (κ3) is 5.87. The highest BCUT2D eigenvalue weighted by Crippen LogP contribution is 2.46. The summed E-state index contributed by atoms with van der Waals surface area (Å²) >= 11 is 3.83. The zero-order valence-electron chi connectivity index (χ0n) is 23.2. The molecule has 0 unspecified atom stereocenters. The maximum atomic E-state index is 13.3. The average molecular weight is 571 g/mol. The molecule has 0 bridgehead atoms. The minimum absolute atomic E-state index is 0.0235. The first-order valence-electron chi connectivity index (χ1n) is 13.5. The number of carbonyl (C=O) groups excluding carboxylic acids is 1. The molecule has 0 saturated carbocycles. The van der Waals surface area contributed by atoms with Crippen molar-refractivity contribution in [1.82, 2.24) is 0 Å². The smallest absolute Gasteiger partial charge is 0.342 e. The fraction of sp³-hybridized carbons (Fsp3) is 0.0811. The minimum atomic E-state index is -0.632. The van der Waals surface area contributed by atoms with Crippen LogP contribution in [0.2, 0.25) is 0 Å². The number of aryl methyl sites for hydroxylation is 1. The van der Waals surface area contributed by atoms with Crippen LogP contribution in [-0.4, -0.2) is 22.1 Å². The van der Waals surface area contributed by atoms with E-state index in [1.165, 1.54) is 16.7 Å². The summed E-state index contributed by atoms with van der Waals surface area (Å²) in [5.74, 6) is 2.01. The van der Waals surface area contributed by atoms with Gasteiger partial charge >= 0.3 is 5.97 Å². The number of phenols is 2. The average Bonchev–Trinajstić information content (AvgIpc) is 3.03. The third-order valence-corrected chi connectivity index (χ3v) is 7.32. The number of carbonyl (C=O) groups is 1. The van der Waals surface area contributed by atoms with E-state index in [2.05, 4.69) is 49.3 Å². The number of phenolic OH excluding ortho intramolecular Hbond substituents is 2. The zero-order valence-corrected chi connectivity index (χ0v) is 24.0. The Morgan fingerprint density at radius 3 is 1.90 bits per heavy atom. The molecule has 6 rings (SSSR count). The van der Waals surface area contributed by atoms with Gasteiger partial charge in [0, 0.05) is 11.1 Å². The predicted molar refractivity (Wildman–Crippen MR) is 174 cm³/mol. The van der Waals surface area contributed by atoms with Crippen LogP contribution in [0.1, 0.15) is 32.6 Å². The van der Waals surface area contributed by atoms with Gasteiger partial charge in [-0.3, -0.25) is 0 Å². The van der Waals surface area contributed by atoms with Gasteiger partial charge in [0.1, 0.15) is 23.7 Å². The Hall–Kier alpha value is -5.00. The van der Waals surface area contributed by atoms with Crippen molar-refractivity contribution in [3.8, 4) is 22.6 Å². The lowest BCUT2D eigenvalue weighted by Gasteiger charge is -2.16. The number of rotatable bonds is 6. The maximum Gasteiger partial charge on any atom is 0.342 e. The van der Waals surface area contributed by atoms with Crippen molar-refractivity contribution in [2.45, 2.75) is 20.0 Å². The number of aromatic hydroxyl groups is 2. The molecule has 208 valence electrons. The van der Waals surface area contributed by atoms with Crippen LogP contribution >= 0.6 is 12.2 Å². The van der Waals surface area contributed by atoms with Gasteiger partial charge < -0.3 is 14.9 Å². The van der Waals surface area contributed by atoms with Crippen LogP contribution in [0.15, 0.2) is 115 Å². The standard InChI is InChI=1S/C36H28O4.CH2S/c1-23-10-12-24(13-11-23)20-25-14-16-26(17-15-25)22-40-36(39)31-21-28-7-3-5-9-30(28)34(35(31)38)33-29-8-4-2-6-27(29)18-19-32(33)37;1-2/h2-19,21,37-38H,20,22H2,1H3;1H2. The van der Waals surface area contributed by atoms with E-state index in [1.807, 2.05) is 78.9 Å². The third-order valence-electron chi connectivity index (χ3n) is 7.32. The van der Waals surface area contributed by atoms with E-state index < -0.39 is 5.97 Å². The molecule has 0 aliphatic heterocycles. The number of esters is 1. The van der Waals surface area contributed by atoms with Crippen LogP contribution in [0.5, 0.6) is 11.5 Å². The van der Waals surface area contributed by atoms with E-state index in [1.54, 1.807) is 12.1 Å². The molecule has 4 nitrogen and oxygen atoms in total. The molecule has 0 aliphatic rings. The zero-order chi connectivity index (χ0) is 29.6. The molecule has 0 radical (unpaired) electrons. The van der Waals surface area contributed by atoms with Crippen LogP contribution in [0, 0.1) is 6.92 Å². The first-order valence-corrected chi connectivity index (χ1v) is 14.1. The molecule has 0 saturated heterocycles. The highest BCUT2D eigenvalue weighted by Gasteiger charge is 2.23. The van der Waals surface area contributed by atoms with Gasteiger partial charge in [-0.05, 0) is 69.6 Å². The summed E-state index contributed by atoms with van der Waals surface area (Å²) in [4.78, 5) is 13.3. The SMILES string of the molecule is C=S.Cc1ccc(Cc2ccc(COC(=O)c3cc4ccccc4c(-c4c(O)ccc5ccccc45)c3O)cc2)cc1. The lowest BCUT2D eigenvalue weighted by molar-refractivity contribution is 0.0469. The number of hydrogen-bond donors (Lipinski definition) is 2. The fourth-order valence-corrected chi connectivity index (χ4v) is 5.19. The summed E-state index contributed by atoms with van der Waals surface area (Å²) in [6.45, 7) is 2.15. The van der Waals surface area contributed by atoms with Gasteiger partial charge in [-0.1, -0.05) is 121 Å². The molecule has 6 aromatic rings. The van der Waals surface area contributed by atoms with E-state index >= 15 is 0 Å². The van der Waals surface area contributed by atoms with Crippen molar-refractivity contribution in [1.29, 1.82) is 0 Å². The summed E-state index contributed by atoms with van der Waals surface area (Å²) in [6, 6.07) is 36.7. The van der Waals surface area contributed by atoms with Gasteiger partial charge in [0.2, 0.25) is 0 Å². The summed E-state index contributed by atoms with van der Waals surface area (Å²) in [6.07, 6.45) is 0.828. The summed E-state index contributed by atoms with van der Waals surface area (Å²) in [5, 5.41) is 25.6. The molecule has 0 heterocycles. The monoisotopic (exact) mass is 570 g/mol. The largest absolute Gasteiger partial charge is 0.507 e. The first kappa shape index (κ1) is 28.5. The van der Waals surface area contributed by atoms with Crippen LogP contribution < -0.4 is 0 Å². The van der Waals surface area contributed by atoms with E-state index in [9.17, 15) is 15.0 Å². The molecule has 6 aromatic carbocycles. The van der Waals surface area contributed by atoms with Gasteiger partial charge in [0.25, 0.3) is 0 Å². The number of benzene rings is 6. The van der Waals surface area contributed by atoms with Gasteiger partial charge in [0.05, 0.1) is 0 Å². The molecule has 5 heteroatoms. The molecule has 2 N–H and O–H groups in total. The predicted octanol–water partition coefficient (Wildman–Crippen LogP) is 8.94. The van der Waals surface area contributed by atoms with Crippen LogP contribution in [0.4, 0.5) is 0 Å². The van der Waals surface area contributed by atoms with Crippen molar-refractivity contribution < 1.29 is 19.7 Å². The second kappa shape index (κ2) is 12.7. The van der Waals surface area contributed by atoms with E-state index in [0.29, 0.717) is 11.1 Å². The van der Waals surface area contributed by atoms with E-state index in [4.69, 9.17) is 4.74 Å². The van der Waals surface area contributed by atoms with Crippen LogP contribution in [-0.2, 0) is 17.8 Å². The Bertz CT molecular complexity index is 1880. The molecule has 0 aliphatic carbocycles. The molecule has 0 fully saturated rings. The first-order chi connectivity index (χ1) is 20.5. The highest BCUT2D eigenvalue weighted by molar-refractivity contribution is 7.77. The molecule has 0 spiro atoms. The lowest BCUT2D eigenvalue weighted by atomic mass is 9.90. The lowest BCUT2D eigenvalue weighted by Crippen LogP contribution is -2.06. The van der Waals surface area contributed by atoms with Gasteiger partial charge in [0.15, 0.2) is 0 Å². The van der Waals surface area contributed by atoms with Gasteiger partial charge in [-0.15, -0.1) is 0 Å². The number of thiocarbonyl (C=S) groups is 1. The Labute approximate surface area is 250 Å². The van der Waals surface area contributed by atoms with E-state index in [-0.39, 0.29) is 23.7 Å². The van der Waals surface area contributed by atoms with Crippen LogP contribution in [0.3, 0.4) is 0 Å². The second-order valence-electron chi connectivity index (χ2n) is 10.1. The minimum Gasteiger partial charge on any atom is -0.507 e. The fourth-order valence-electron chi connectivity index (χ4n) is 5.19. The molecule has 0 amide bonds. The van der Waals surface area contributed by atoms with Crippen molar-refractivity contribution in [2.24, 2.45) is 0 Å². The highest BCUT2D eigenvalue weighted by atomic mass is 32.1. The van der Waals surface area contributed by atoms with Crippen molar-refractivity contribution in [2.75, 3.05) is 0 Å². The summed E-state index contributed by atoms with van der Waals surface area (Å²) in [5.41, 5.74) is 5.44. The second-order valence-corrected chi connectivity index (χ2v) is 10.1. The Morgan fingerprint density at radius 1 is 0.690 bits per heavy atom. The number of fused-ring (bicyclic) bond motifs is 2. The van der Waals surface area contributed by atoms with Gasteiger partial charge in [-0.25, -0.2) is 4.79 Å². The summed E-state index contributed by atoms with van der Waals surface area (Å²) in [7, 11) is 0. The van der Waals surface area contributed by atoms with Crippen molar-refractivity contribution >= 4 is 45.6 Å². The van der Waals surface area contributed by atoms with E-state index in [0.717, 1.165) is 33.5 Å². The number of hydrogen-bond acceptors (Lipinski definition) is 5. The van der Waals surface area contributed by atoms with Gasteiger partial charge in [-0.2, -0.15) is 0 Å².